The maximum absolute atomic E-state index is 11.8. The average molecular weight is 235 g/mol. The molecule has 3 N–H and O–H groups in total. The third-order valence-electron chi connectivity index (χ3n) is 2.68. The number of ether oxygens (including phenoxy) is 1. The molecule has 0 bridgehead atoms. The Morgan fingerprint density at radius 1 is 1.47 bits per heavy atom. The van der Waals surface area contributed by atoms with Crippen LogP contribution in [-0.4, -0.2) is 36.2 Å². The van der Waals surface area contributed by atoms with Gasteiger partial charge in [-0.05, 0) is 30.4 Å². The van der Waals surface area contributed by atoms with Crippen molar-refractivity contribution >= 4 is 18.5 Å². The number of rotatable bonds is 4. The maximum Gasteiger partial charge on any atom is 0.488 e. The van der Waals surface area contributed by atoms with E-state index in [-0.39, 0.29) is 11.9 Å². The van der Waals surface area contributed by atoms with Crippen molar-refractivity contribution in [3.63, 3.8) is 0 Å². The van der Waals surface area contributed by atoms with Crippen LogP contribution in [0.4, 0.5) is 0 Å². The van der Waals surface area contributed by atoms with Crippen LogP contribution in [0.15, 0.2) is 18.2 Å². The number of carbonyl (C=O) groups is 1. The summed E-state index contributed by atoms with van der Waals surface area (Å²) >= 11 is 0. The molecule has 0 saturated heterocycles. The summed E-state index contributed by atoms with van der Waals surface area (Å²) in [5.41, 5.74) is 0.702. The molecule has 6 heteroatoms. The van der Waals surface area contributed by atoms with Crippen molar-refractivity contribution in [1.29, 1.82) is 0 Å². The van der Waals surface area contributed by atoms with E-state index >= 15 is 0 Å². The fourth-order valence-corrected chi connectivity index (χ4v) is 1.55. The molecule has 1 aliphatic carbocycles. The molecule has 90 valence electrons. The minimum Gasteiger partial charge on any atom is -0.496 e. The molecule has 1 amide bonds. The van der Waals surface area contributed by atoms with Gasteiger partial charge < -0.3 is 20.1 Å². The minimum atomic E-state index is -1.57. The van der Waals surface area contributed by atoms with E-state index in [1.54, 1.807) is 0 Å². The predicted octanol–water partition coefficient (Wildman–Crippen LogP) is -0.733. The number of hydrogen-bond acceptors (Lipinski definition) is 4. The molecule has 0 atom stereocenters. The lowest BCUT2D eigenvalue weighted by Gasteiger charge is -2.10. The summed E-state index contributed by atoms with van der Waals surface area (Å²) in [5, 5.41) is 20.9. The van der Waals surface area contributed by atoms with Gasteiger partial charge in [-0.2, -0.15) is 0 Å². The first-order valence-electron chi connectivity index (χ1n) is 5.46. The standard InChI is InChI=1S/C11H14BNO4/c1-17-10-6-7(12(15)16)2-5-9(10)11(14)13-8-3-4-8/h2,5-6,8,15-16H,3-4H2,1H3,(H,13,14). The summed E-state index contributed by atoms with van der Waals surface area (Å²) in [5.74, 6) is 0.150. The van der Waals surface area contributed by atoms with E-state index in [0.29, 0.717) is 16.8 Å². The summed E-state index contributed by atoms with van der Waals surface area (Å²) in [4.78, 5) is 11.8. The summed E-state index contributed by atoms with van der Waals surface area (Å²) in [6.07, 6.45) is 2.03. The molecule has 1 aromatic carbocycles. The second kappa shape index (κ2) is 4.77. The quantitative estimate of drug-likeness (QED) is 0.601. The topological polar surface area (TPSA) is 78.8 Å². The molecule has 0 aromatic heterocycles. The van der Waals surface area contributed by atoms with Crippen LogP contribution in [0.2, 0.25) is 0 Å². The Kier molecular flexibility index (Phi) is 3.35. The number of nitrogens with one attached hydrogen (secondary N) is 1. The van der Waals surface area contributed by atoms with Gasteiger partial charge in [0, 0.05) is 6.04 Å². The van der Waals surface area contributed by atoms with E-state index in [1.807, 2.05) is 0 Å². The molecule has 0 heterocycles. The zero-order chi connectivity index (χ0) is 12.4. The number of amides is 1. The van der Waals surface area contributed by atoms with Crippen LogP contribution in [-0.2, 0) is 0 Å². The summed E-state index contributed by atoms with van der Waals surface area (Å²) in [6, 6.07) is 4.75. The minimum absolute atomic E-state index is 0.191. The average Bonchev–Trinajstić information content (AvgIpc) is 3.11. The molecular formula is C11H14BNO4. The molecule has 0 radical (unpaired) electrons. The van der Waals surface area contributed by atoms with Gasteiger partial charge in [0.05, 0.1) is 12.7 Å². The summed E-state index contributed by atoms with van der Waals surface area (Å²) in [7, 11) is -0.124. The first kappa shape index (κ1) is 11.9. The van der Waals surface area contributed by atoms with E-state index in [4.69, 9.17) is 14.8 Å². The molecule has 1 saturated carbocycles. The zero-order valence-corrected chi connectivity index (χ0v) is 9.51. The van der Waals surface area contributed by atoms with Crippen LogP contribution < -0.4 is 15.5 Å². The van der Waals surface area contributed by atoms with Crippen molar-refractivity contribution in [2.75, 3.05) is 7.11 Å². The van der Waals surface area contributed by atoms with Gasteiger partial charge in [-0.15, -0.1) is 0 Å². The first-order chi connectivity index (χ1) is 8.11. The SMILES string of the molecule is COc1cc(B(O)O)ccc1C(=O)NC1CC1. The Hall–Kier alpha value is -1.53. The molecule has 5 nitrogen and oxygen atoms in total. The summed E-state index contributed by atoms with van der Waals surface area (Å²) in [6.45, 7) is 0. The van der Waals surface area contributed by atoms with Gasteiger partial charge in [-0.3, -0.25) is 4.79 Å². The lowest BCUT2D eigenvalue weighted by atomic mass is 9.80. The Balaban J connectivity index is 2.23. The van der Waals surface area contributed by atoms with Crippen molar-refractivity contribution in [2.24, 2.45) is 0 Å². The van der Waals surface area contributed by atoms with Crippen molar-refractivity contribution < 1.29 is 19.6 Å². The van der Waals surface area contributed by atoms with Gasteiger partial charge in [0.25, 0.3) is 5.91 Å². The Labute approximate surface area is 99.6 Å². The lowest BCUT2D eigenvalue weighted by molar-refractivity contribution is 0.0948. The molecule has 17 heavy (non-hydrogen) atoms. The highest BCUT2D eigenvalue weighted by atomic mass is 16.5. The fraction of sp³-hybridized carbons (Fsp3) is 0.364. The number of carbonyl (C=O) groups excluding carboxylic acids is 1. The van der Waals surface area contributed by atoms with Crippen LogP contribution in [0.5, 0.6) is 5.75 Å². The number of hydrogen-bond donors (Lipinski definition) is 3. The Bertz CT molecular complexity index is 431. The van der Waals surface area contributed by atoms with Crippen LogP contribution in [0.1, 0.15) is 23.2 Å². The normalized spacial score (nSPS) is 14.3. The zero-order valence-electron chi connectivity index (χ0n) is 9.51. The van der Waals surface area contributed by atoms with E-state index < -0.39 is 7.12 Å². The van der Waals surface area contributed by atoms with Gasteiger partial charge in [0.2, 0.25) is 0 Å². The molecule has 2 rings (SSSR count). The Morgan fingerprint density at radius 2 is 2.18 bits per heavy atom. The predicted molar refractivity (Wildman–Crippen MR) is 63.3 cm³/mol. The van der Waals surface area contributed by atoms with Crippen LogP contribution in [0.3, 0.4) is 0 Å². The Morgan fingerprint density at radius 3 is 2.71 bits per heavy atom. The van der Waals surface area contributed by atoms with Crippen molar-refractivity contribution in [1.82, 2.24) is 5.32 Å². The van der Waals surface area contributed by atoms with Crippen molar-refractivity contribution in [2.45, 2.75) is 18.9 Å². The third kappa shape index (κ3) is 2.78. The highest BCUT2D eigenvalue weighted by molar-refractivity contribution is 6.58. The van der Waals surface area contributed by atoms with Crippen LogP contribution in [0, 0.1) is 0 Å². The van der Waals surface area contributed by atoms with Crippen LogP contribution >= 0.6 is 0 Å². The number of benzene rings is 1. The molecule has 0 unspecified atom stereocenters. The maximum atomic E-state index is 11.8. The first-order valence-corrected chi connectivity index (χ1v) is 5.46. The van der Waals surface area contributed by atoms with Gasteiger partial charge in [0.15, 0.2) is 0 Å². The number of methoxy groups -OCH3 is 1. The van der Waals surface area contributed by atoms with E-state index in [2.05, 4.69) is 5.32 Å². The second-order valence-corrected chi connectivity index (χ2v) is 4.08. The van der Waals surface area contributed by atoms with Gasteiger partial charge >= 0.3 is 7.12 Å². The molecule has 1 aliphatic rings. The van der Waals surface area contributed by atoms with Crippen molar-refractivity contribution in [3.05, 3.63) is 23.8 Å². The molecule has 1 fully saturated rings. The highest BCUT2D eigenvalue weighted by Crippen LogP contribution is 2.22. The molecular weight excluding hydrogens is 221 g/mol. The van der Waals surface area contributed by atoms with E-state index in [1.165, 1.54) is 25.3 Å². The second-order valence-electron chi connectivity index (χ2n) is 4.08. The fourth-order valence-electron chi connectivity index (χ4n) is 1.55. The monoisotopic (exact) mass is 235 g/mol. The summed E-state index contributed by atoms with van der Waals surface area (Å²) < 4.78 is 5.08. The third-order valence-corrected chi connectivity index (χ3v) is 2.68. The molecule has 0 spiro atoms. The van der Waals surface area contributed by atoms with Gasteiger partial charge in [0.1, 0.15) is 5.75 Å². The van der Waals surface area contributed by atoms with Crippen LogP contribution in [0.25, 0.3) is 0 Å². The van der Waals surface area contributed by atoms with Gasteiger partial charge in [-0.25, -0.2) is 0 Å². The molecule has 1 aromatic rings. The molecule has 0 aliphatic heterocycles. The van der Waals surface area contributed by atoms with E-state index in [9.17, 15) is 4.79 Å². The van der Waals surface area contributed by atoms with E-state index in [0.717, 1.165) is 12.8 Å². The van der Waals surface area contributed by atoms with Gasteiger partial charge in [-0.1, -0.05) is 6.07 Å². The van der Waals surface area contributed by atoms with Crippen molar-refractivity contribution in [3.8, 4) is 5.75 Å². The lowest BCUT2D eigenvalue weighted by Crippen LogP contribution is -2.31. The largest absolute Gasteiger partial charge is 0.496 e. The smallest absolute Gasteiger partial charge is 0.488 e. The highest BCUT2D eigenvalue weighted by Gasteiger charge is 2.25.